The van der Waals surface area contributed by atoms with E-state index in [4.69, 9.17) is 19.6 Å². The van der Waals surface area contributed by atoms with Gasteiger partial charge in [-0.3, -0.25) is 15.0 Å². The molecule has 0 spiro atoms. The van der Waals surface area contributed by atoms with Crippen molar-refractivity contribution in [3.63, 3.8) is 0 Å². The number of carbonyl (C=O) groups is 2. The van der Waals surface area contributed by atoms with Crippen LogP contribution in [0.25, 0.3) is 0 Å². The average molecular weight is 498 g/mol. The zero-order valence-electron chi connectivity index (χ0n) is 21.6. The lowest BCUT2D eigenvalue weighted by atomic mass is 9.85. The van der Waals surface area contributed by atoms with Crippen LogP contribution >= 0.6 is 0 Å². The van der Waals surface area contributed by atoms with Gasteiger partial charge in [0.05, 0.1) is 37.6 Å². The van der Waals surface area contributed by atoms with Crippen molar-refractivity contribution in [3.8, 4) is 17.2 Å². The quantitative estimate of drug-likeness (QED) is 0.547. The molecule has 9 heteroatoms. The number of nitrogens with one attached hydrogen (secondary N) is 1. The second-order valence-corrected chi connectivity index (χ2v) is 9.67. The van der Waals surface area contributed by atoms with E-state index in [0.29, 0.717) is 35.8 Å². The van der Waals surface area contributed by atoms with Gasteiger partial charge in [-0.2, -0.15) is 0 Å². The Labute approximate surface area is 210 Å². The van der Waals surface area contributed by atoms with Crippen LogP contribution in [0.5, 0.6) is 17.2 Å². The Balaban J connectivity index is 1.66. The third kappa shape index (κ3) is 4.27. The standard InChI is InChI=1S/C27H32FN3O5/c1-7-34-21-11-17-12-31(26(29)22(17)23(28)25(21)35-8-2)13-20(33)16-9-18-24(36-14-27(18,4)5)19(10-16)30(6)15(3)32/h9-11,29H,7-8,12-14H2,1-6H3. The number of amidine groups is 1. The highest BCUT2D eigenvalue weighted by molar-refractivity contribution is 6.07. The smallest absolute Gasteiger partial charge is 0.223 e. The zero-order valence-corrected chi connectivity index (χ0v) is 21.6. The van der Waals surface area contributed by atoms with Crippen molar-refractivity contribution in [3.05, 3.63) is 46.3 Å². The van der Waals surface area contributed by atoms with Gasteiger partial charge in [0.25, 0.3) is 0 Å². The van der Waals surface area contributed by atoms with E-state index >= 15 is 4.39 Å². The molecule has 0 unspecified atom stereocenters. The average Bonchev–Trinajstić information content (AvgIpc) is 3.30. The maximum absolute atomic E-state index is 15.4. The first kappa shape index (κ1) is 25.5. The Morgan fingerprint density at radius 1 is 1.19 bits per heavy atom. The monoisotopic (exact) mass is 497 g/mol. The molecule has 0 aromatic heterocycles. The van der Waals surface area contributed by atoms with Gasteiger partial charge in [0.1, 0.15) is 11.6 Å². The Morgan fingerprint density at radius 2 is 1.89 bits per heavy atom. The summed E-state index contributed by atoms with van der Waals surface area (Å²) in [4.78, 5) is 28.6. The molecular weight excluding hydrogens is 465 g/mol. The normalized spacial score (nSPS) is 15.3. The molecule has 8 nitrogen and oxygen atoms in total. The van der Waals surface area contributed by atoms with Crippen LogP contribution in [-0.4, -0.2) is 55.8 Å². The van der Waals surface area contributed by atoms with Gasteiger partial charge in [-0.05, 0) is 37.6 Å². The number of ketones is 1. The van der Waals surface area contributed by atoms with Gasteiger partial charge in [0, 0.05) is 37.1 Å². The molecule has 0 atom stereocenters. The van der Waals surface area contributed by atoms with E-state index in [2.05, 4.69) is 0 Å². The van der Waals surface area contributed by atoms with Gasteiger partial charge in [-0.25, -0.2) is 4.39 Å². The molecule has 2 aliphatic heterocycles. The largest absolute Gasteiger partial charge is 0.490 e. The first-order valence-electron chi connectivity index (χ1n) is 12.0. The van der Waals surface area contributed by atoms with Gasteiger partial charge in [0.15, 0.2) is 23.1 Å². The van der Waals surface area contributed by atoms with Crippen molar-refractivity contribution < 1.29 is 28.2 Å². The highest BCUT2D eigenvalue weighted by Crippen LogP contribution is 2.45. The summed E-state index contributed by atoms with van der Waals surface area (Å²) >= 11 is 0. The fourth-order valence-corrected chi connectivity index (χ4v) is 4.60. The van der Waals surface area contributed by atoms with Crippen LogP contribution < -0.4 is 19.1 Å². The van der Waals surface area contributed by atoms with Gasteiger partial charge >= 0.3 is 0 Å². The molecule has 2 heterocycles. The molecule has 0 aliphatic carbocycles. The zero-order chi connectivity index (χ0) is 26.4. The predicted molar refractivity (Wildman–Crippen MR) is 134 cm³/mol. The van der Waals surface area contributed by atoms with Crippen LogP contribution in [0.2, 0.25) is 0 Å². The SMILES string of the molecule is CCOc1cc2c(c(F)c1OCC)C(=N)N(CC(=O)c1cc(N(C)C(C)=O)c3c(c1)C(C)(C)CO3)C2. The summed E-state index contributed by atoms with van der Waals surface area (Å²) in [5, 5.41) is 8.60. The first-order chi connectivity index (χ1) is 17.0. The Kier molecular flexibility index (Phi) is 6.68. The van der Waals surface area contributed by atoms with E-state index < -0.39 is 5.82 Å². The van der Waals surface area contributed by atoms with Crippen LogP contribution in [0.1, 0.15) is 61.7 Å². The summed E-state index contributed by atoms with van der Waals surface area (Å²) < 4.78 is 32.3. The molecule has 192 valence electrons. The molecule has 2 aliphatic rings. The molecule has 0 fully saturated rings. The van der Waals surface area contributed by atoms with Gasteiger partial charge in [-0.15, -0.1) is 0 Å². The highest BCUT2D eigenvalue weighted by atomic mass is 19.1. The highest BCUT2D eigenvalue weighted by Gasteiger charge is 2.37. The topological polar surface area (TPSA) is 92.2 Å². The molecule has 4 rings (SSSR count). The first-order valence-corrected chi connectivity index (χ1v) is 12.0. The Hall–Kier alpha value is -3.62. The summed E-state index contributed by atoms with van der Waals surface area (Å²) in [5.74, 6) is -0.290. The number of halogens is 1. The molecule has 0 bridgehead atoms. The second kappa shape index (κ2) is 9.44. The molecule has 0 saturated heterocycles. The second-order valence-electron chi connectivity index (χ2n) is 9.67. The Morgan fingerprint density at radius 3 is 2.53 bits per heavy atom. The number of benzene rings is 2. The van der Waals surface area contributed by atoms with E-state index in [9.17, 15) is 9.59 Å². The van der Waals surface area contributed by atoms with E-state index in [1.807, 2.05) is 13.8 Å². The number of carbonyl (C=O) groups excluding carboxylic acids is 2. The van der Waals surface area contributed by atoms with E-state index in [0.717, 1.165) is 5.56 Å². The molecule has 0 saturated carbocycles. The fraction of sp³-hybridized carbons (Fsp3) is 0.444. The molecule has 2 aromatic rings. The van der Waals surface area contributed by atoms with Crippen molar-refractivity contribution in [2.75, 3.05) is 38.3 Å². The minimum atomic E-state index is -0.653. The van der Waals surface area contributed by atoms with E-state index in [-0.39, 0.29) is 59.7 Å². The maximum atomic E-state index is 15.4. The fourth-order valence-electron chi connectivity index (χ4n) is 4.60. The lowest BCUT2D eigenvalue weighted by molar-refractivity contribution is -0.116. The number of rotatable bonds is 8. The van der Waals surface area contributed by atoms with Crippen molar-refractivity contribution in [1.29, 1.82) is 5.41 Å². The minimum absolute atomic E-state index is 0.0196. The predicted octanol–water partition coefficient (Wildman–Crippen LogP) is 4.30. The van der Waals surface area contributed by atoms with Gasteiger partial charge in [0.2, 0.25) is 5.91 Å². The molecule has 1 N–H and O–H groups in total. The summed E-state index contributed by atoms with van der Waals surface area (Å²) in [6.45, 7) is 10.1. The third-order valence-electron chi connectivity index (χ3n) is 6.64. The molecule has 2 aromatic carbocycles. The Bertz CT molecular complexity index is 1260. The molecular formula is C27H32FN3O5. The van der Waals surface area contributed by atoms with E-state index in [1.54, 1.807) is 39.1 Å². The minimum Gasteiger partial charge on any atom is -0.490 e. The van der Waals surface area contributed by atoms with Gasteiger partial charge in [-0.1, -0.05) is 13.8 Å². The van der Waals surface area contributed by atoms with Crippen molar-refractivity contribution >= 4 is 23.2 Å². The van der Waals surface area contributed by atoms with Gasteiger partial charge < -0.3 is 24.0 Å². The summed E-state index contributed by atoms with van der Waals surface area (Å²) in [7, 11) is 1.64. The summed E-state index contributed by atoms with van der Waals surface area (Å²) in [6, 6.07) is 5.13. The van der Waals surface area contributed by atoms with Crippen LogP contribution in [0.3, 0.4) is 0 Å². The van der Waals surface area contributed by atoms with Crippen molar-refractivity contribution in [2.24, 2.45) is 0 Å². The summed E-state index contributed by atoms with van der Waals surface area (Å²) in [6.07, 6.45) is 0. The number of anilines is 1. The van der Waals surface area contributed by atoms with E-state index in [1.165, 1.54) is 16.7 Å². The molecule has 1 amide bonds. The third-order valence-corrected chi connectivity index (χ3v) is 6.64. The lowest BCUT2D eigenvalue weighted by Crippen LogP contribution is -2.31. The van der Waals surface area contributed by atoms with Crippen LogP contribution in [0, 0.1) is 11.2 Å². The van der Waals surface area contributed by atoms with Crippen LogP contribution in [-0.2, 0) is 16.8 Å². The van der Waals surface area contributed by atoms with Crippen LogP contribution in [0.15, 0.2) is 18.2 Å². The number of hydrogen-bond donors (Lipinski definition) is 1. The number of nitrogens with zero attached hydrogens (tertiary/aromatic N) is 2. The number of fused-ring (bicyclic) bond motifs is 2. The molecule has 36 heavy (non-hydrogen) atoms. The molecule has 0 radical (unpaired) electrons. The van der Waals surface area contributed by atoms with Crippen molar-refractivity contribution in [2.45, 2.75) is 46.6 Å². The maximum Gasteiger partial charge on any atom is 0.223 e. The number of amides is 1. The van der Waals surface area contributed by atoms with Crippen molar-refractivity contribution in [1.82, 2.24) is 4.90 Å². The van der Waals surface area contributed by atoms with Crippen LogP contribution in [0.4, 0.5) is 10.1 Å². The number of Topliss-reactive ketones (excluding diaryl/α,β-unsaturated/α-hetero) is 1. The lowest BCUT2D eigenvalue weighted by Gasteiger charge is -2.22. The summed E-state index contributed by atoms with van der Waals surface area (Å²) in [5.41, 5.74) is 2.15. The number of ether oxygens (including phenoxy) is 3. The number of hydrogen-bond acceptors (Lipinski definition) is 6.